The Hall–Kier alpha value is -3.04. The van der Waals surface area contributed by atoms with E-state index in [-0.39, 0.29) is 17.7 Å². The summed E-state index contributed by atoms with van der Waals surface area (Å²) in [6.45, 7) is 2.17. The van der Waals surface area contributed by atoms with Gasteiger partial charge in [-0.1, -0.05) is 0 Å². The topological polar surface area (TPSA) is 101 Å². The lowest BCUT2D eigenvalue weighted by molar-refractivity contribution is -0.142. The maximum absolute atomic E-state index is 14.7. The van der Waals surface area contributed by atoms with E-state index < -0.39 is 5.97 Å². The van der Waals surface area contributed by atoms with Crippen molar-refractivity contribution in [3.63, 3.8) is 0 Å². The van der Waals surface area contributed by atoms with Gasteiger partial charge in [-0.15, -0.1) is 0 Å². The van der Waals surface area contributed by atoms with Crippen LogP contribution in [0.4, 0.5) is 10.2 Å². The number of benzene rings is 1. The number of nitrogens with zero attached hydrogens (tertiary/aromatic N) is 3. The molecule has 0 amide bonds. The van der Waals surface area contributed by atoms with Gasteiger partial charge in [-0.3, -0.25) is 9.78 Å². The second-order valence-corrected chi connectivity index (χ2v) is 8.51. The first-order chi connectivity index (χ1) is 16.0. The van der Waals surface area contributed by atoms with Gasteiger partial charge in [-0.25, -0.2) is 9.37 Å². The second-order valence-electron chi connectivity index (χ2n) is 8.51. The van der Waals surface area contributed by atoms with E-state index in [1.54, 1.807) is 26.6 Å². The highest BCUT2D eigenvalue weighted by atomic mass is 19.1. The number of ether oxygens (including phenoxy) is 2. The molecule has 0 aliphatic carbocycles. The molecule has 2 aromatic heterocycles. The number of hydrogen-bond acceptors (Lipinski definition) is 6. The monoisotopic (exact) mass is 456 g/mol. The number of aromatic nitrogens is 3. The molecule has 0 unspecified atom stereocenters. The van der Waals surface area contributed by atoms with Crippen LogP contribution >= 0.6 is 0 Å². The molecule has 1 saturated heterocycles. The summed E-state index contributed by atoms with van der Waals surface area (Å²) in [5.41, 5.74) is 2.47. The van der Waals surface area contributed by atoms with E-state index in [9.17, 15) is 14.3 Å². The SMILES string of the molecule is COCC(COC)Cc1cnc(-c2cc(F)c3[nH]ccc3c2)c(N2CCC(C(=O)O)CC2)n1. The van der Waals surface area contributed by atoms with Crippen LogP contribution in [0, 0.1) is 17.7 Å². The van der Waals surface area contributed by atoms with Crippen molar-refractivity contribution in [3.05, 3.63) is 42.1 Å². The number of rotatable bonds is 9. The van der Waals surface area contributed by atoms with Crippen molar-refractivity contribution in [2.45, 2.75) is 19.3 Å². The molecule has 1 aromatic carbocycles. The van der Waals surface area contributed by atoms with E-state index in [1.165, 1.54) is 6.07 Å². The number of halogens is 1. The number of carboxylic acids is 1. The molecule has 4 rings (SSSR count). The third-order valence-electron chi connectivity index (χ3n) is 6.14. The molecule has 33 heavy (non-hydrogen) atoms. The fourth-order valence-corrected chi connectivity index (χ4v) is 4.47. The lowest BCUT2D eigenvalue weighted by Crippen LogP contribution is -2.37. The standard InChI is InChI=1S/C24H29FN4O4/c1-32-13-15(14-33-2)9-19-12-27-22(18-10-17-3-6-26-21(17)20(25)11-18)23(28-19)29-7-4-16(5-8-29)24(30)31/h3,6,10-12,15-16,26H,4-5,7-9,13-14H2,1-2H3,(H,30,31). The first-order valence-electron chi connectivity index (χ1n) is 11.1. The predicted molar refractivity (Wildman–Crippen MR) is 123 cm³/mol. The summed E-state index contributed by atoms with van der Waals surface area (Å²) >= 11 is 0. The van der Waals surface area contributed by atoms with Crippen LogP contribution in [0.2, 0.25) is 0 Å². The largest absolute Gasteiger partial charge is 0.481 e. The van der Waals surface area contributed by atoms with Crippen LogP contribution in [0.25, 0.3) is 22.2 Å². The zero-order chi connectivity index (χ0) is 23.4. The number of H-pyrrole nitrogens is 1. The van der Waals surface area contributed by atoms with Crippen molar-refractivity contribution in [1.29, 1.82) is 0 Å². The van der Waals surface area contributed by atoms with Crippen LogP contribution in [0.3, 0.4) is 0 Å². The number of methoxy groups -OCH3 is 2. The molecule has 8 nitrogen and oxygen atoms in total. The van der Waals surface area contributed by atoms with E-state index in [4.69, 9.17) is 19.4 Å². The average Bonchev–Trinajstić information content (AvgIpc) is 3.29. The fraction of sp³-hybridized carbons (Fsp3) is 0.458. The van der Waals surface area contributed by atoms with E-state index in [1.807, 2.05) is 12.1 Å². The molecule has 1 aliphatic rings. The third kappa shape index (κ3) is 5.15. The van der Waals surface area contributed by atoms with Gasteiger partial charge < -0.3 is 24.5 Å². The highest BCUT2D eigenvalue weighted by molar-refractivity contribution is 5.87. The Labute approximate surface area is 191 Å². The number of fused-ring (bicyclic) bond motifs is 1. The second kappa shape index (κ2) is 10.3. The minimum Gasteiger partial charge on any atom is -0.481 e. The maximum atomic E-state index is 14.7. The van der Waals surface area contributed by atoms with Crippen LogP contribution in [0.5, 0.6) is 0 Å². The fourth-order valence-electron chi connectivity index (χ4n) is 4.47. The molecule has 9 heteroatoms. The van der Waals surface area contributed by atoms with Crippen LogP contribution in [-0.2, 0) is 20.7 Å². The Kier molecular flexibility index (Phi) is 7.20. The highest BCUT2D eigenvalue weighted by Gasteiger charge is 2.28. The van der Waals surface area contributed by atoms with Crippen molar-refractivity contribution >= 4 is 22.7 Å². The lowest BCUT2D eigenvalue weighted by Gasteiger charge is -2.32. The first-order valence-corrected chi connectivity index (χ1v) is 11.1. The summed E-state index contributed by atoms with van der Waals surface area (Å²) < 4.78 is 25.3. The quantitative estimate of drug-likeness (QED) is 0.508. The smallest absolute Gasteiger partial charge is 0.306 e. The number of anilines is 1. The first kappa shape index (κ1) is 23.1. The van der Waals surface area contributed by atoms with Gasteiger partial charge in [0.05, 0.1) is 30.3 Å². The number of carbonyl (C=O) groups is 1. The van der Waals surface area contributed by atoms with Gasteiger partial charge in [-0.2, -0.15) is 0 Å². The summed E-state index contributed by atoms with van der Waals surface area (Å²) in [7, 11) is 3.31. The molecular formula is C24H29FN4O4. The van der Waals surface area contributed by atoms with Crippen LogP contribution in [0.15, 0.2) is 30.6 Å². The van der Waals surface area contributed by atoms with Crippen molar-refractivity contribution < 1.29 is 23.8 Å². The van der Waals surface area contributed by atoms with Crippen LogP contribution in [-0.4, -0.2) is 66.6 Å². The van der Waals surface area contributed by atoms with E-state index in [0.717, 1.165) is 11.1 Å². The molecule has 3 heterocycles. The average molecular weight is 457 g/mol. The number of nitrogens with one attached hydrogen (secondary N) is 1. The summed E-state index contributed by atoms with van der Waals surface area (Å²) in [5.74, 6) is -0.702. The Bertz CT molecular complexity index is 1110. The number of aromatic amines is 1. The van der Waals surface area contributed by atoms with Crippen LogP contribution in [0.1, 0.15) is 18.5 Å². The molecule has 3 aromatic rings. The molecule has 0 atom stereocenters. The van der Waals surface area contributed by atoms with Crippen molar-refractivity contribution in [2.75, 3.05) is 45.4 Å². The molecular weight excluding hydrogens is 427 g/mol. The molecule has 2 N–H and O–H groups in total. The van der Waals surface area contributed by atoms with Gasteiger partial charge in [0.1, 0.15) is 11.5 Å². The van der Waals surface area contributed by atoms with Gasteiger partial charge in [0.25, 0.3) is 0 Å². The third-order valence-corrected chi connectivity index (χ3v) is 6.14. The minimum atomic E-state index is -0.767. The van der Waals surface area contributed by atoms with E-state index >= 15 is 0 Å². The summed E-state index contributed by atoms with van der Waals surface area (Å²) in [6, 6.07) is 5.18. The summed E-state index contributed by atoms with van der Waals surface area (Å²) in [5, 5.41) is 10.1. The Morgan fingerprint density at radius 1 is 1.27 bits per heavy atom. The minimum absolute atomic E-state index is 0.124. The molecule has 0 saturated carbocycles. The Morgan fingerprint density at radius 3 is 2.67 bits per heavy atom. The van der Waals surface area contributed by atoms with Crippen molar-refractivity contribution in [3.8, 4) is 11.3 Å². The number of carboxylic acid groups (broad SMARTS) is 1. The molecule has 0 radical (unpaired) electrons. The van der Waals surface area contributed by atoms with Gasteiger partial charge in [0.15, 0.2) is 5.82 Å². The molecule has 176 valence electrons. The van der Waals surface area contributed by atoms with Gasteiger partial charge in [0, 0.05) is 56.6 Å². The van der Waals surface area contributed by atoms with Crippen molar-refractivity contribution in [2.24, 2.45) is 11.8 Å². The molecule has 0 bridgehead atoms. The molecule has 1 aliphatic heterocycles. The predicted octanol–water partition coefficient (Wildman–Crippen LogP) is 3.52. The Balaban J connectivity index is 1.71. The molecule has 0 spiro atoms. The van der Waals surface area contributed by atoms with Crippen LogP contribution < -0.4 is 4.90 Å². The zero-order valence-electron chi connectivity index (χ0n) is 18.9. The highest BCUT2D eigenvalue weighted by Crippen LogP contribution is 2.33. The maximum Gasteiger partial charge on any atom is 0.306 e. The number of hydrogen-bond donors (Lipinski definition) is 2. The van der Waals surface area contributed by atoms with Crippen molar-refractivity contribution in [1.82, 2.24) is 15.0 Å². The van der Waals surface area contributed by atoms with Gasteiger partial charge >= 0.3 is 5.97 Å². The zero-order valence-corrected chi connectivity index (χ0v) is 18.9. The number of piperidine rings is 1. The Morgan fingerprint density at radius 2 is 2.00 bits per heavy atom. The van der Waals surface area contributed by atoms with E-state index in [0.29, 0.717) is 68.2 Å². The summed E-state index contributed by atoms with van der Waals surface area (Å²) in [4.78, 5) is 26.0. The number of aliphatic carboxylic acids is 1. The van der Waals surface area contributed by atoms with Gasteiger partial charge in [-0.05, 0) is 37.5 Å². The van der Waals surface area contributed by atoms with Gasteiger partial charge in [0.2, 0.25) is 0 Å². The summed E-state index contributed by atoms with van der Waals surface area (Å²) in [6.07, 6.45) is 5.11. The van der Waals surface area contributed by atoms with E-state index in [2.05, 4.69) is 9.88 Å². The normalized spacial score (nSPS) is 15.0. The molecule has 1 fully saturated rings. The lowest BCUT2D eigenvalue weighted by atomic mass is 9.96.